The van der Waals surface area contributed by atoms with Crippen LogP contribution < -0.4 is 5.32 Å². The summed E-state index contributed by atoms with van der Waals surface area (Å²) in [5, 5.41) is 15.8. The van der Waals surface area contributed by atoms with Gasteiger partial charge >= 0.3 is 0 Å². The number of nitrogens with one attached hydrogen (secondary N) is 2. The molecule has 1 heterocycles. The molecule has 3 rings (SSSR count). The molecule has 1 aromatic heterocycles. The van der Waals surface area contributed by atoms with Crippen molar-refractivity contribution in [2.75, 3.05) is 6.54 Å². The number of fused-ring (bicyclic) bond motifs is 1. The third-order valence-corrected chi connectivity index (χ3v) is 4.15. The molecule has 0 spiro atoms. The summed E-state index contributed by atoms with van der Waals surface area (Å²) >= 11 is 6.00. The van der Waals surface area contributed by atoms with Crippen molar-refractivity contribution >= 4 is 22.5 Å². The molecule has 2 aromatic carbocycles. The van der Waals surface area contributed by atoms with Gasteiger partial charge in [-0.3, -0.25) is 0 Å². The fourth-order valence-corrected chi connectivity index (χ4v) is 2.86. The van der Waals surface area contributed by atoms with Gasteiger partial charge in [-0.15, -0.1) is 0 Å². The lowest BCUT2D eigenvalue weighted by molar-refractivity contribution is 0.0567. The molecule has 1 atom stereocenters. The molecule has 0 amide bonds. The highest BCUT2D eigenvalue weighted by molar-refractivity contribution is 6.30. The molecule has 114 valence electrons. The van der Waals surface area contributed by atoms with E-state index in [-0.39, 0.29) is 0 Å². The molecule has 1 unspecified atom stereocenters. The van der Waals surface area contributed by atoms with E-state index in [1.807, 2.05) is 24.4 Å². The average molecular weight is 315 g/mol. The predicted molar refractivity (Wildman–Crippen MR) is 91.0 cm³/mol. The summed E-state index contributed by atoms with van der Waals surface area (Å²) < 4.78 is 0. The second kappa shape index (κ2) is 6.13. The minimum atomic E-state index is -0.961. The Labute approximate surface area is 134 Å². The van der Waals surface area contributed by atoms with E-state index in [1.54, 1.807) is 19.1 Å². The molecule has 0 fully saturated rings. The monoisotopic (exact) mass is 314 g/mol. The van der Waals surface area contributed by atoms with Crippen LogP contribution in [0.4, 0.5) is 0 Å². The number of benzene rings is 2. The second-order valence-corrected chi connectivity index (χ2v) is 6.18. The maximum atomic E-state index is 10.6. The Kier molecular flexibility index (Phi) is 4.21. The van der Waals surface area contributed by atoms with Crippen LogP contribution in [0.15, 0.2) is 54.7 Å². The van der Waals surface area contributed by atoms with Crippen molar-refractivity contribution in [1.29, 1.82) is 0 Å². The lowest BCUT2D eigenvalue weighted by Gasteiger charge is -2.24. The first-order valence-corrected chi connectivity index (χ1v) is 7.68. The van der Waals surface area contributed by atoms with Crippen LogP contribution in [0.3, 0.4) is 0 Å². The summed E-state index contributed by atoms with van der Waals surface area (Å²) in [6.45, 7) is 2.95. The van der Waals surface area contributed by atoms with Gasteiger partial charge in [0.1, 0.15) is 0 Å². The third-order valence-electron chi connectivity index (χ3n) is 3.92. The van der Waals surface area contributed by atoms with Crippen LogP contribution in [0.25, 0.3) is 10.9 Å². The zero-order chi connectivity index (χ0) is 15.6. The zero-order valence-electron chi connectivity index (χ0n) is 12.4. The van der Waals surface area contributed by atoms with Gasteiger partial charge in [0, 0.05) is 35.2 Å². The number of rotatable bonds is 5. The lowest BCUT2D eigenvalue weighted by atomic mass is 9.96. The average Bonchev–Trinajstić information content (AvgIpc) is 2.96. The highest BCUT2D eigenvalue weighted by atomic mass is 35.5. The Bertz CT molecular complexity index is 779. The van der Waals surface area contributed by atoms with Gasteiger partial charge in [-0.1, -0.05) is 35.9 Å². The Morgan fingerprint density at radius 2 is 2.00 bits per heavy atom. The topological polar surface area (TPSA) is 48.0 Å². The normalized spacial score (nSPS) is 14.1. The van der Waals surface area contributed by atoms with E-state index in [9.17, 15) is 5.11 Å². The highest BCUT2D eigenvalue weighted by Crippen LogP contribution is 2.23. The van der Waals surface area contributed by atoms with E-state index < -0.39 is 5.60 Å². The van der Waals surface area contributed by atoms with Crippen LogP contribution in [0, 0.1) is 0 Å². The van der Waals surface area contributed by atoms with Crippen LogP contribution in [0.1, 0.15) is 18.1 Å². The molecule has 3 N–H and O–H groups in total. The van der Waals surface area contributed by atoms with Crippen LogP contribution in [-0.4, -0.2) is 16.6 Å². The van der Waals surface area contributed by atoms with Gasteiger partial charge in [-0.05, 0) is 42.3 Å². The van der Waals surface area contributed by atoms with E-state index in [0.717, 1.165) is 11.1 Å². The van der Waals surface area contributed by atoms with Gasteiger partial charge in [0.25, 0.3) is 0 Å². The molecule has 0 radical (unpaired) electrons. The number of aromatic nitrogens is 1. The minimum absolute atomic E-state index is 0.453. The SMILES string of the molecule is CC(O)(CNCc1cccc2[nH]ccc12)c1cccc(Cl)c1. The first-order chi connectivity index (χ1) is 10.6. The van der Waals surface area contributed by atoms with Crippen molar-refractivity contribution in [1.82, 2.24) is 10.3 Å². The summed E-state index contributed by atoms with van der Waals surface area (Å²) in [7, 11) is 0. The van der Waals surface area contributed by atoms with Crippen LogP contribution in [-0.2, 0) is 12.1 Å². The molecule has 0 aliphatic heterocycles. The number of hydrogen-bond donors (Lipinski definition) is 3. The quantitative estimate of drug-likeness (QED) is 0.670. The van der Waals surface area contributed by atoms with Gasteiger partial charge in [0.15, 0.2) is 0 Å². The Balaban J connectivity index is 1.68. The number of halogens is 1. The van der Waals surface area contributed by atoms with Crippen LogP contribution in [0.2, 0.25) is 5.02 Å². The van der Waals surface area contributed by atoms with Crippen molar-refractivity contribution in [3.05, 3.63) is 70.9 Å². The van der Waals surface area contributed by atoms with Crippen molar-refractivity contribution < 1.29 is 5.11 Å². The highest BCUT2D eigenvalue weighted by Gasteiger charge is 2.22. The van der Waals surface area contributed by atoms with Crippen molar-refractivity contribution in [2.45, 2.75) is 19.1 Å². The largest absolute Gasteiger partial charge is 0.384 e. The van der Waals surface area contributed by atoms with E-state index in [4.69, 9.17) is 11.6 Å². The van der Waals surface area contributed by atoms with E-state index >= 15 is 0 Å². The molecule has 0 saturated carbocycles. The summed E-state index contributed by atoms with van der Waals surface area (Å²) in [4.78, 5) is 3.21. The first kappa shape index (κ1) is 15.1. The molecule has 0 aliphatic rings. The maximum absolute atomic E-state index is 10.6. The van der Waals surface area contributed by atoms with Crippen molar-refractivity contribution in [3.8, 4) is 0 Å². The molecule has 3 aromatic rings. The summed E-state index contributed by atoms with van der Waals surface area (Å²) in [5.74, 6) is 0. The summed E-state index contributed by atoms with van der Waals surface area (Å²) in [6.07, 6.45) is 1.94. The molecule has 0 aliphatic carbocycles. The molecular formula is C18H19ClN2O. The smallest absolute Gasteiger partial charge is 0.0992 e. The van der Waals surface area contributed by atoms with E-state index in [0.29, 0.717) is 18.1 Å². The van der Waals surface area contributed by atoms with Gasteiger partial charge in [-0.25, -0.2) is 0 Å². The first-order valence-electron chi connectivity index (χ1n) is 7.30. The lowest BCUT2D eigenvalue weighted by Crippen LogP contribution is -2.35. The van der Waals surface area contributed by atoms with Crippen molar-refractivity contribution in [2.24, 2.45) is 0 Å². The van der Waals surface area contributed by atoms with E-state index in [1.165, 1.54) is 10.9 Å². The van der Waals surface area contributed by atoms with E-state index in [2.05, 4.69) is 28.5 Å². The Morgan fingerprint density at radius 3 is 2.82 bits per heavy atom. The standard InChI is InChI=1S/C18H19ClN2O/c1-18(22,14-5-3-6-15(19)10-14)12-20-11-13-4-2-7-17-16(13)8-9-21-17/h2-10,20-22H,11-12H2,1H3. The maximum Gasteiger partial charge on any atom is 0.0992 e. The predicted octanol–water partition coefficient (Wildman–Crippen LogP) is 3.82. The molecule has 4 heteroatoms. The Hall–Kier alpha value is -1.81. The molecule has 0 bridgehead atoms. The summed E-state index contributed by atoms with van der Waals surface area (Å²) in [5.41, 5.74) is 2.19. The number of aliphatic hydroxyl groups is 1. The second-order valence-electron chi connectivity index (χ2n) is 5.74. The number of hydrogen-bond acceptors (Lipinski definition) is 2. The fourth-order valence-electron chi connectivity index (χ4n) is 2.67. The summed E-state index contributed by atoms with van der Waals surface area (Å²) in [6, 6.07) is 15.6. The zero-order valence-corrected chi connectivity index (χ0v) is 13.2. The van der Waals surface area contributed by atoms with Crippen molar-refractivity contribution in [3.63, 3.8) is 0 Å². The molecule has 3 nitrogen and oxygen atoms in total. The fraction of sp³-hybridized carbons (Fsp3) is 0.222. The molecular weight excluding hydrogens is 296 g/mol. The van der Waals surface area contributed by atoms with Gasteiger partial charge < -0.3 is 15.4 Å². The third kappa shape index (κ3) is 3.17. The van der Waals surface area contributed by atoms with Crippen LogP contribution >= 0.6 is 11.6 Å². The Morgan fingerprint density at radius 1 is 1.18 bits per heavy atom. The number of H-pyrrole nitrogens is 1. The van der Waals surface area contributed by atoms with Gasteiger partial charge in [0.2, 0.25) is 0 Å². The minimum Gasteiger partial charge on any atom is -0.384 e. The number of aromatic amines is 1. The van der Waals surface area contributed by atoms with Crippen LogP contribution in [0.5, 0.6) is 0 Å². The molecule has 22 heavy (non-hydrogen) atoms. The van der Waals surface area contributed by atoms with Gasteiger partial charge in [-0.2, -0.15) is 0 Å². The van der Waals surface area contributed by atoms with Gasteiger partial charge in [0.05, 0.1) is 5.60 Å². The molecule has 0 saturated heterocycles.